The summed E-state index contributed by atoms with van der Waals surface area (Å²) in [7, 11) is -9.92. The predicted octanol–water partition coefficient (Wildman–Crippen LogP) is 23.2. The van der Waals surface area contributed by atoms with E-state index in [0.717, 1.165) is 120 Å². The number of rotatable bonds is 76. The normalized spacial score (nSPS) is 14.6. The van der Waals surface area contributed by atoms with E-state index in [1.54, 1.807) is 0 Å². The molecule has 0 amide bonds. The van der Waals surface area contributed by atoms with Crippen molar-refractivity contribution in [3.05, 3.63) is 0 Å². The Balaban J connectivity index is 5.16. The lowest BCUT2D eigenvalue weighted by atomic mass is 10.00. The highest BCUT2D eigenvalue weighted by Crippen LogP contribution is 2.45. The number of esters is 4. The van der Waals surface area contributed by atoms with Crippen molar-refractivity contribution in [2.45, 2.75) is 420 Å². The van der Waals surface area contributed by atoms with Crippen molar-refractivity contribution in [1.82, 2.24) is 0 Å². The molecule has 0 spiro atoms. The third-order valence-electron chi connectivity index (χ3n) is 19.0. The first-order chi connectivity index (χ1) is 47.2. The van der Waals surface area contributed by atoms with Crippen LogP contribution >= 0.6 is 15.6 Å². The molecule has 0 fully saturated rings. The summed E-state index contributed by atoms with van der Waals surface area (Å²) in [4.78, 5) is 72.9. The van der Waals surface area contributed by atoms with Crippen LogP contribution in [-0.4, -0.2) is 96.7 Å². The molecule has 0 saturated heterocycles. The van der Waals surface area contributed by atoms with E-state index in [1.165, 1.54) is 199 Å². The van der Waals surface area contributed by atoms with Gasteiger partial charge in [-0.15, -0.1) is 0 Å². The van der Waals surface area contributed by atoms with E-state index in [9.17, 15) is 43.2 Å². The average Bonchev–Trinajstić information content (AvgIpc) is 1.03. The fraction of sp³-hybridized carbons (Fsp3) is 0.949. The lowest BCUT2D eigenvalue weighted by molar-refractivity contribution is -0.161. The van der Waals surface area contributed by atoms with Crippen molar-refractivity contribution >= 4 is 39.5 Å². The molecule has 3 N–H and O–H groups in total. The summed E-state index contributed by atoms with van der Waals surface area (Å²) in [5.74, 6) is 0.949. The molecule has 0 aromatic heterocycles. The smallest absolute Gasteiger partial charge is 0.462 e. The van der Waals surface area contributed by atoms with Gasteiger partial charge in [0, 0.05) is 25.7 Å². The summed E-state index contributed by atoms with van der Waals surface area (Å²) in [6.07, 6.45) is 54.3. The Hall–Kier alpha value is -1.94. The third-order valence-corrected chi connectivity index (χ3v) is 20.9. The quantitative estimate of drug-likeness (QED) is 0.0222. The summed E-state index contributed by atoms with van der Waals surface area (Å²) in [6, 6.07) is 0. The van der Waals surface area contributed by atoms with Crippen molar-refractivity contribution in [1.29, 1.82) is 0 Å². The summed E-state index contributed by atoms with van der Waals surface area (Å²) in [6.45, 7) is 14.2. The molecule has 0 aliphatic heterocycles. The molecule has 7 atom stereocenters. The largest absolute Gasteiger partial charge is 0.472 e. The maximum absolute atomic E-state index is 13.1. The maximum Gasteiger partial charge on any atom is 0.472 e. The number of carbonyl (C=O) groups is 4. The molecule has 0 heterocycles. The first kappa shape index (κ1) is 96.1. The molecule has 0 radical (unpaired) electrons. The number of phosphoric ester groups is 2. The van der Waals surface area contributed by atoms with Gasteiger partial charge in [-0.05, 0) is 49.4 Å². The van der Waals surface area contributed by atoms with Gasteiger partial charge in [-0.2, -0.15) is 0 Å². The molecule has 0 aromatic carbocycles. The summed E-state index contributed by atoms with van der Waals surface area (Å²) >= 11 is 0. The second kappa shape index (κ2) is 68.2. The molecule has 98 heavy (non-hydrogen) atoms. The van der Waals surface area contributed by atoms with Gasteiger partial charge in [0.05, 0.1) is 26.4 Å². The molecule has 0 bridgehead atoms. The molecule has 4 unspecified atom stereocenters. The Morgan fingerprint density at radius 3 is 0.724 bits per heavy atom. The number of hydrogen-bond donors (Lipinski definition) is 3. The van der Waals surface area contributed by atoms with E-state index < -0.39 is 97.5 Å². The number of aliphatic hydroxyl groups excluding tert-OH is 1. The minimum Gasteiger partial charge on any atom is -0.462 e. The van der Waals surface area contributed by atoms with Crippen LogP contribution in [-0.2, 0) is 65.4 Å². The molecule has 582 valence electrons. The lowest BCUT2D eigenvalue weighted by Crippen LogP contribution is -2.30. The minimum absolute atomic E-state index is 0.103. The van der Waals surface area contributed by atoms with Gasteiger partial charge in [-0.3, -0.25) is 37.3 Å². The average molecular weight is 1440 g/mol. The van der Waals surface area contributed by atoms with Crippen molar-refractivity contribution < 1.29 is 80.2 Å². The second-order valence-electron chi connectivity index (χ2n) is 29.9. The van der Waals surface area contributed by atoms with Crippen LogP contribution in [0.4, 0.5) is 0 Å². The van der Waals surface area contributed by atoms with Gasteiger partial charge in [-0.1, -0.05) is 351 Å². The predicted molar refractivity (Wildman–Crippen MR) is 400 cm³/mol. The maximum atomic E-state index is 13.1. The van der Waals surface area contributed by atoms with Crippen LogP contribution in [0, 0.1) is 23.7 Å². The zero-order valence-corrected chi connectivity index (χ0v) is 66.2. The van der Waals surface area contributed by atoms with Crippen LogP contribution in [0.5, 0.6) is 0 Å². The molecule has 0 aliphatic carbocycles. The molecular weight excluding hydrogens is 1280 g/mol. The lowest BCUT2D eigenvalue weighted by Gasteiger charge is -2.21. The molecular formula is C79H154O17P2. The van der Waals surface area contributed by atoms with Crippen LogP contribution in [0.1, 0.15) is 402 Å². The zero-order chi connectivity index (χ0) is 72.4. The Bertz CT molecular complexity index is 1920. The Labute approximate surface area is 600 Å². The van der Waals surface area contributed by atoms with E-state index in [0.29, 0.717) is 25.7 Å². The van der Waals surface area contributed by atoms with Gasteiger partial charge in [0.1, 0.15) is 19.3 Å². The monoisotopic (exact) mass is 1440 g/mol. The van der Waals surface area contributed by atoms with Crippen LogP contribution < -0.4 is 0 Å². The van der Waals surface area contributed by atoms with E-state index in [2.05, 4.69) is 55.4 Å². The number of carbonyl (C=O) groups excluding carboxylic acids is 4. The Morgan fingerprint density at radius 2 is 0.490 bits per heavy atom. The number of ether oxygens (including phenoxy) is 4. The molecule has 0 aromatic rings. The highest BCUT2D eigenvalue weighted by Gasteiger charge is 2.30. The highest BCUT2D eigenvalue weighted by atomic mass is 31.2. The van der Waals surface area contributed by atoms with Crippen molar-refractivity contribution in [2.75, 3.05) is 39.6 Å². The molecule has 17 nitrogen and oxygen atoms in total. The van der Waals surface area contributed by atoms with E-state index in [1.807, 2.05) is 0 Å². The molecule has 19 heteroatoms. The number of aliphatic hydroxyl groups is 1. The van der Waals surface area contributed by atoms with Crippen molar-refractivity contribution in [3.8, 4) is 0 Å². The van der Waals surface area contributed by atoms with E-state index in [4.69, 9.17) is 37.0 Å². The van der Waals surface area contributed by atoms with Gasteiger partial charge < -0.3 is 33.8 Å². The Kier molecular flexibility index (Phi) is 66.8. The summed E-state index contributed by atoms with van der Waals surface area (Å²) < 4.78 is 68.6. The first-order valence-electron chi connectivity index (χ1n) is 40.8. The summed E-state index contributed by atoms with van der Waals surface area (Å²) in [5, 5.41) is 10.6. The Morgan fingerprint density at radius 1 is 0.286 bits per heavy atom. The van der Waals surface area contributed by atoms with Crippen LogP contribution in [0.2, 0.25) is 0 Å². The molecule has 0 rings (SSSR count). The SMILES string of the molecule is CCC(C)CCCCCCCCC(=O)OC[C@H](COP(=O)(O)OC[C@H](O)COP(=O)(O)OC[C@@H](COC(=O)CCCCCCCCCCCCCCCCC(C)C)OC(=O)CCCCCCCCC(C)CC)OC(=O)CCCCCCCCCCCCCCCCCCCCC(C)C. The second-order valence-corrected chi connectivity index (χ2v) is 32.8. The van der Waals surface area contributed by atoms with Crippen LogP contribution in [0.15, 0.2) is 0 Å². The molecule has 0 saturated carbocycles. The fourth-order valence-corrected chi connectivity index (χ4v) is 13.6. The van der Waals surface area contributed by atoms with E-state index in [-0.39, 0.29) is 25.7 Å². The highest BCUT2D eigenvalue weighted by molar-refractivity contribution is 7.47. The standard InChI is InChI=1S/C79H154O17P2/c1-9-71(7)57-49-41-35-37-44-52-60-77(82)90-66-74(95-78(83)61-53-45-34-30-26-22-16-14-12-11-13-15-19-23-27-31-39-47-55-69(3)4)67-93-97(85,86)91-63-73(80)64-92-98(87,88)94-68-75(96-79(84)62-54-46-38-36-42-50-58-72(8)10-2)65-89-76(81)59-51-43-33-29-25-21-18-17-20-24-28-32-40-48-56-70(5)6/h69-75,80H,9-68H2,1-8H3,(H,85,86)(H,87,88)/t71?,72?,73-,74+,75+/m0/s1. The zero-order valence-electron chi connectivity index (χ0n) is 64.4. The number of hydrogen-bond acceptors (Lipinski definition) is 15. The number of phosphoric acid groups is 2. The topological polar surface area (TPSA) is 237 Å². The van der Waals surface area contributed by atoms with Gasteiger partial charge in [0.2, 0.25) is 0 Å². The van der Waals surface area contributed by atoms with Crippen molar-refractivity contribution in [2.24, 2.45) is 23.7 Å². The van der Waals surface area contributed by atoms with E-state index >= 15 is 0 Å². The third kappa shape index (κ3) is 69.8. The van der Waals surface area contributed by atoms with Gasteiger partial charge >= 0.3 is 39.5 Å². The van der Waals surface area contributed by atoms with Gasteiger partial charge in [0.15, 0.2) is 12.2 Å². The van der Waals surface area contributed by atoms with Crippen LogP contribution in [0.25, 0.3) is 0 Å². The first-order valence-corrected chi connectivity index (χ1v) is 43.8. The fourth-order valence-electron chi connectivity index (χ4n) is 12.0. The minimum atomic E-state index is -4.96. The van der Waals surface area contributed by atoms with Crippen molar-refractivity contribution in [3.63, 3.8) is 0 Å². The molecule has 0 aliphatic rings. The van der Waals surface area contributed by atoms with Crippen LogP contribution in [0.3, 0.4) is 0 Å². The number of unbranched alkanes of at least 4 members (excludes halogenated alkanes) is 40. The van der Waals surface area contributed by atoms with Gasteiger partial charge in [0.25, 0.3) is 0 Å². The summed E-state index contributed by atoms with van der Waals surface area (Å²) in [5.41, 5.74) is 0. The van der Waals surface area contributed by atoms with Gasteiger partial charge in [-0.25, -0.2) is 9.13 Å².